The molecule has 110 valence electrons. The molecule has 3 aromatic rings. The van der Waals surface area contributed by atoms with E-state index in [1.165, 1.54) is 0 Å². The number of nitrogens with zero attached hydrogens (tertiary/aromatic N) is 5. The van der Waals surface area contributed by atoms with Crippen molar-refractivity contribution in [3.05, 3.63) is 42.6 Å². The number of methoxy groups -OCH3 is 1. The Kier molecular flexibility index (Phi) is 4.52. The molecule has 0 fully saturated rings. The van der Waals surface area contributed by atoms with Crippen LogP contribution in [-0.4, -0.2) is 37.9 Å². The van der Waals surface area contributed by atoms with E-state index < -0.39 is 0 Å². The van der Waals surface area contributed by atoms with E-state index in [4.69, 9.17) is 4.74 Å². The van der Waals surface area contributed by atoms with Crippen LogP contribution in [0.3, 0.4) is 0 Å². The molecule has 0 aromatic carbocycles. The normalized spacial score (nSPS) is 11.3. The van der Waals surface area contributed by atoms with Crippen molar-refractivity contribution in [2.75, 3.05) is 13.7 Å². The van der Waals surface area contributed by atoms with Crippen LogP contribution in [0, 0.1) is 0 Å². The van der Waals surface area contributed by atoms with Gasteiger partial charge < -0.3 is 13.7 Å². The van der Waals surface area contributed by atoms with Gasteiger partial charge in [0.1, 0.15) is 12.0 Å². The largest absolute Gasteiger partial charge is 0.385 e. The Labute approximate surface area is 127 Å². The van der Waals surface area contributed by atoms with Gasteiger partial charge in [-0.15, -0.1) is 10.2 Å². The Balaban J connectivity index is 1.63. The standard InChI is InChI=1S/C14H17N5OS/c1-20-8-4-7-19-11-15-17-14(19)21-10-12-9-18-6-3-2-5-13(18)16-12/h2-3,5-6,9,11H,4,7-8,10H2,1H3. The Morgan fingerprint density at radius 2 is 2.29 bits per heavy atom. The van der Waals surface area contributed by atoms with Crippen molar-refractivity contribution >= 4 is 17.4 Å². The van der Waals surface area contributed by atoms with Crippen LogP contribution in [0.5, 0.6) is 0 Å². The smallest absolute Gasteiger partial charge is 0.191 e. The third-order valence-electron chi connectivity index (χ3n) is 3.09. The fourth-order valence-corrected chi connectivity index (χ4v) is 2.91. The summed E-state index contributed by atoms with van der Waals surface area (Å²) in [5.41, 5.74) is 2.01. The lowest BCUT2D eigenvalue weighted by molar-refractivity contribution is 0.189. The third-order valence-corrected chi connectivity index (χ3v) is 4.10. The summed E-state index contributed by atoms with van der Waals surface area (Å²) < 4.78 is 9.15. The van der Waals surface area contributed by atoms with Gasteiger partial charge >= 0.3 is 0 Å². The quantitative estimate of drug-likeness (QED) is 0.495. The number of fused-ring (bicyclic) bond motifs is 1. The minimum atomic E-state index is 0.745. The number of thioether (sulfide) groups is 1. The lowest BCUT2D eigenvalue weighted by Crippen LogP contribution is -2.02. The fraction of sp³-hybridized carbons (Fsp3) is 0.357. The molecule has 0 radical (unpaired) electrons. The molecule has 0 saturated carbocycles. The summed E-state index contributed by atoms with van der Waals surface area (Å²) in [6, 6.07) is 5.99. The monoisotopic (exact) mass is 303 g/mol. The molecule has 0 saturated heterocycles. The minimum Gasteiger partial charge on any atom is -0.385 e. The number of hydrogen-bond acceptors (Lipinski definition) is 5. The van der Waals surface area contributed by atoms with Crippen LogP contribution < -0.4 is 0 Å². The number of rotatable bonds is 7. The van der Waals surface area contributed by atoms with E-state index in [0.717, 1.165) is 41.8 Å². The molecule has 0 unspecified atom stereocenters. The first-order chi connectivity index (χ1) is 10.4. The molecule has 3 heterocycles. The molecule has 3 rings (SSSR count). The van der Waals surface area contributed by atoms with E-state index in [9.17, 15) is 0 Å². The SMILES string of the molecule is COCCCn1cnnc1SCc1cn2ccccc2n1. The van der Waals surface area contributed by atoms with Gasteiger partial charge in [0, 0.05) is 38.4 Å². The first-order valence-corrected chi connectivity index (χ1v) is 7.77. The van der Waals surface area contributed by atoms with Gasteiger partial charge in [-0.1, -0.05) is 17.8 Å². The van der Waals surface area contributed by atoms with Gasteiger partial charge in [0.2, 0.25) is 0 Å². The highest BCUT2D eigenvalue weighted by Gasteiger charge is 2.07. The van der Waals surface area contributed by atoms with Crippen molar-refractivity contribution in [3.8, 4) is 0 Å². The molecule has 0 N–H and O–H groups in total. The number of aromatic nitrogens is 5. The summed E-state index contributed by atoms with van der Waals surface area (Å²) in [6.07, 6.45) is 6.77. The maximum absolute atomic E-state index is 5.07. The molecule has 0 amide bonds. The number of ether oxygens (including phenoxy) is 1. The number of aryl methyl sites for hydroxylation is 1. The maximum Gasteiger partial charge on any atom is 0.191 e. The van der Waals surface area contributed by atoms with Crippen molar-refractivity contribution in [1.29, 1.82) is 0 Å². The van der Waals surface area contributed by atoms with Gasteiger partial charge in [0.05, 0.1) is 5.69 Å². The number of hydrogen-bond donors (Lipinski definition) is 0. The Hall–Kier alpha value is -1.86. The zero-order valence-corrected chi connectivity index (χ0v) is 12.7. The van der Waals surface area contributed by atoms with Crippen LogP contribution in [0.2, 0.25) is 0 Å². The number of pyridine rings is 1. The Morgan fingerprint density at radius 1 is 1.33 bits per heavy atom. The van der Waals surface area contributed by atoms with Crippen LogP contribution >= 0.6 is 11.8 Å². The van der Waals surface area contributed by atoms with Crippen molar-refractivity contribution in [2.45, 2.75) is 23.9 Å². The van der Waals surface area contributed by atoms with Gasteiger partial charge in [-0.3, -0.25) is 0 Å². The lowest BCUT2D eigenvalue weighted by atomic mass is 10.4. The molecule has 0 aliphatic heterocycles. The maximum atomic E-state index is 5.07. The highest BCUT2D eigenvalue weighted by molar-refractivity contribution is 7.98. The van der Waals surface area contributed by atoms with Crippen molar-refractivity contribution in [3.63, 3.8) is 0 Å². The molecule has 3 aromatic heterocycles. The predicted octanol–water partition coefficient (Wildman–Crippen LogP) is 2.25. The van der Waals surface area contributed by atoms with E-state index in [1.807, 2.05) is 35.0 Å². The second kappa shape index (κ2) is 6.73. The molecule has 21 heavy (non-hydrogen) atoms. The van der Waals surface area contributed by atoms with Gasteiger partial charge in [-0.05, 0) is 18.6 Å². The van der Waals surface area contributed by atoms with Crippen LogP contribution in [0.25, 0.3) is 5.65 Å². The van der Waals surface area contributed by atoms with Crippen LogP contribution in [0.4, 0.5) is 0 Å². The summed E-state index contributed by atoms with van der Waals surface area (Å²) in [7, 11) is 1.71. The van der Waals surface area contributed by atoms with Gasteiger partial charge in [0.25, 0.3) is 0 Å². The van der Waals surface area contributed by atoms with Gasteiger partial charge in [-0.2, -0.15) is 0 Å². The van der Waals surface area contributed by atoms with Gasteiger partial charge in [0.15, 0.2) is 5.16 Å². The van der Waals surface area contributed by atoms with Crippen molar-refractivity contribution < 1.29 is 4.74 Å². The average Bonchev–Trinajstić information content (AvgIpc) is 3.11. The summed E-state index contributed by atoms with van der Waals surface area (Å²) in [5, 5.41) is 9.07. The second-order valence-corrected chi connectivity index (χ2v) is 5.58. The molecule has 0 aliphatic rings. The average molecular weight is 303 g/mol. The highest BCUT2D eigenvalue weighted by Crippen LogP contribution is 2.20. The van der Waals surface area contributed by atoms with Crippen LogP contribution in [-0.2, 0) is 17.0 Å². The van der Waals surface area contributed by atoms with E-state index in [0.29, 0.717) is 0 Å². The number of imidazole rings is 1. The topological polar surface area (TPSA) is 57.2 Å². The van der Waals surface area contributed by atoms with Crippen LogP contribution in [0.15, 0.2) is 42.1 Å². The first-order valence-electron chi connectivity index (χ1n) is 6.79. The van der Waals surface area contributed by atoms with Crippen molar-refractivity contribution in [2.24, 2.45) is 0 Å². The fourth-order valence-electron chi connectivity index (χ4n) is 2.08. The zero-order chi connectivity index (χ0) is 14.5. The predicted molar refractivity (Wildman–Crippen MR) is 81.3 cm³/mol. The lowest BCUT2D eigenvalue weighted by Gasteiger charge is -2.04. The molecule has 0 atom stereocenters. The molecule has 7 heteroatoms. The first kappa shape index (κ1) is 14.1. The summed E-state index contributed by atoms with van der Waals surface area (Å²) in [4.78, 5) is 4.58. The molecule has 0 spiro atoms. The summed E-state index contributed by atoms with van der Waals surface area (Å²) >= 11 is 1.65. The molecular weight excluding hydrogens is 286 g/mol. The minimum absolute atomic E-state index is 0.745. The molecule has 0 aliphatic carbocycles. The van der Waals surface area contributed by atoms with E-state index in [-0.39, 0.29) is 0 Å². The molecule has 6 nitrogen and oxygen atoms in total. The summed E-state index contributed by atoms with van der Waals surface area (Å²) in [6.45, 7) is 1.61. The Morgan fingerprint density at radius 3 is 3.14 bits per heavy atom. The Bertz CT molecular complexity index is 675. The van der Waals surface area contributed by atoms with Crippen LogP contribution in [0.1, 0.15) is 12.1 Å². The third kappa shape index (κ3) is 3.43. The van der Waals surface area contributed by atoms with E-state index >= 15 is 0 Å². The van der Waals surface area contributed by atoms with Gasteiger partial charge in [-0.25, -0.2) is 4.98 Å². The highest BCUT2D eigenvalue weighted by atomic mass is 32.2. The second-order valence-electron chi connectivity index (χ2n) is 4.64. The zero-order valence-electron chi connectivity index (χ0n) is 11.8. The summed E-state index contributed by atoms with van der Waals surface area (Å²) in [5.74, 6) is 0.782. The van der Waals surface area contributed by atoms with E-state index in [1.54, 1.807) is 25.2 Å². The molecular formula is C14H17N5OS. The van der Waals surface area contributed by atoms with Crippen molar-refractivity contribution in [1.82, 2.24) is 24.1 Å². The van der Waals surface area contributed by atoms with E-state index in [2.05, 4.69) is 19.7 Å². The molecule has 0 bridgehead atoms.